The fourth-order valence-electron chi connectivity index (χ4n) is 4.50. The molecule has 3 aromatic rings. The number of para-hydroxylation sites is 1. The molecule has 262 valence electrons. The number of amides is 4. The van der Waals surface area contributed by atoms with Gasteiger partial charge in [0.05, 0.1) is 57.3 Å². The van der Waals surface area contributed by atoms with E-state index in [1.165, 1.54) is 13.2 Å². The molecule has 0 fully saturated rings. The minimum absolute atomic E-state index is 0.0852. The number of primary amides is 1. The number of nitrogens with two attached hydrogens (primary N) is 2. The monoisotopic (exact) mass is 671 g/mol. The quantitative estimate of drug-likeness (QED) is 0.0865. The zero-order valence-corrected chi connectivity index (χ0v) is 27.3. The molecule has 4 amide bonds. The third-order valence-electron chi connectivity index (χ3n) is 6.86. The molecule has 16 nitrogen and oxygen atoms in total. The lowest BCUT2D eigenvalue weighted by Gasteiger charge is -2.20. The van der Waals surface area contributed by atoms with Crippen molar-refractivity contribution in [2.75, 3.05) is 78.4 Å². The van der Waals surface area contributed by atoms with Gasteiger partial charge in [0.25, 0.3) is 11.8 Å². The molecule has 0 aliphatic rings. The van der Waals surface area contributed by atoms with Gasteiger partial charge in [-0.15, -0.1) is 0 Å². The van der Waals surface area contributed by atoms with Crippen molar-refractivity contribution in [1.82, 2.24) is 20.4 Å². The van der Waals surface area contributed by atoms with Gasteiger partial charge in [-0.2, -0.15) is 5.10 Å². The number of methoxy groups -OCH3 is 1. The van der Waals surface area contributed by atoms with E-state index >= 15 is 0 Å². The molecule has 0 saturated heterocycles. The van der Waals surface area contributed by atoms with Gasteiger partial charge in [0.15, 0.2) is 5.69 Å². The summed E-state index contributed by atoms with van der Waals surface area (Å²) in [6, 6.07) is 11.6. The van der Waals surface area contributed by atoms with E-state index in [0.717, 1.165) is 5.52 Å². The number of ether oxygens (including phenoxy) is 5. The van der Waals surface area contributed by atoms with Crippen LogP contribution in [0.2, 0.25) is 0 Å². The van der Waals surface area contributed by atoms with Gasteiger partial charge < -0.3 is 51.1 Å². The lowest BCUT2D eigenvalue weighted by molar-refractivity contribution is -0.126. The first-order chi connectivity index (χ1) is 23.2. The molecule has 3 rings (SSSR count). The molecule has 0 aliphatic carbocycles. The first kappa shape index (κ1) is 37.8. The maximum atomic E-state index is 13.5. The Morgan fingerprint density at radius 2 is 1.65 bits per heavy atom. The molecule has 0 spiro atoms. The van der Waals surface area contributed by atoms with Crippen LogP contribution in [0.4, 0.5) is 5.69 Å². The van der Waals surface area contributed by atoms with Crippen molar-refractivity contribution in [3.63, 3.8) is 0 Å². The highest BCUT2D eigenvalue weighted by molar-refractivity contribution is 6.11. The van der Waals surface area contributed by atoms with E-state index in [2.05, 4.69) is 21.0 Å². The summed E-state index contributed by atoms with van der Waals surface area (Å²) in [5, 5.41) is 13.5. The smallest absolute Gasteiger partial charge is 0.276 e. The summed E-state index contributed by atoms with van der Waals surface area (Å²) in [5.41, 5.74) is 12.1. The molecule has 1 heterocycles. The topological polar surface area (TPSA) is 220 Å². The largest absolute Gasteiger partial charge is 0.496 e. The molecule has 1 atom stereocenters. The lowest BCUT2D eigenvalue weighted by atomic mass is 10.1. The Kier molecular flexibility index (Phi) is 16.2. The molecule has 2 aromatic carbocycles. The summed E-state index contributed by atoms with van der Waals surface area (Å²) in [6.45, 7) is 1.79. The third-order valence-corrected chi connectivity index (χ3v) is 6.86. The second-order valence-corrected chi connectivity index (χ2v) is 10.6. The average Bonchev–Trinajstić information content (AvgIpc) is 3.41. The number of hydrogen-bond acceptors (Lipinski definition) is 11. The van der Waals surface area contributed by atoms with Gasteiger partial charge in [0.2, 0.25) is 11.8 Å². The maximum Gasteiger partial charge on any atom is 0.276 e. The highest BCUT2D eigenvalue weighted by Crippen LogP contribution is 2.24. The Balaban J connectivity index is 1.59. The van der Waals surface area contributed by atoms with Crippen LogP contribution in [0, 0.1) is 0 Å². The number of nitrogens with one attached hydrogen (secondary N) is 3. The van der Waals surface area contributed by atoms with Crippen molar-refractivity contribution < 1.29 is 42.9 Å². The van der Waals surface area contributed by atoms with Crippen molar-refractivity contribution in [2.24, 2.45) is 18.5 Å². The summed E-state index contributed by atoms with van der Waals surface area (Å²) >= 11 is 0. The summed E-state index contributed by atoms with van der Waals surface area (Å²) in [6.07, 6.45) is 1.06. The van der Waals surface area contributed by atoms with Crippen molar-refractivity contribution >= 4 is 40.2 Å². The first-order valence-electron chi connectivity index (χ1n) is 15.5. The van der Waals surface area contributed by atoms with Crippen molar-refractivity contribution in [3.05, 3.63) is 53.7 Å². The summed E-state index contributed by atoms with van der Waals surface area (Å²) in [4.78, 5) is 49.3. The van der Waals surface area contributed by atoms with Crippen molar-refractivity contribution in [3.8, 4) is 5.75 Å². The van der Waals surface area contributed by atoms with Crippen molar-refractivity contribution in [1.29, 1.82) is 0 Å². The highest BCUT2D eigenvalue weighted by Gasteiger charge is 2.21. The Morgan fingerprint density at radius 1 is 0.917 bits per heavy atom. The van der Waals surface area contributed by atoms with E-state index in [9.17, 15) is 19.2 Å². The van der Waals surface area contributed by atoms with Gasteiger partial charge in [-0.25, -0.2) is 0 Å². The molecule has 0 aliphatic heterocycles. The third kappa shape index (κ3) is 12.5. The molecular formula is C32H45N7O9. The number of anilines is 1. The van der Waals surface area contributed by atoms with Crippen LogP contribution in [0.1, 0.15) is 33.7 Å². The lowest BCUT2D eigenvalue weighted by Crippen LogP contribution is -2.39. The second-order valence-electron chi connectivity index (χ2n) is 10.6. The maximum absolute atomic E-state index is 13.5. The van der Waals surface area contributed by atoms with E-state index in [1.807, 2.05) is 24.3 Å². The molecule has 16 heteroatoms. The minimum atomic E-state index is -0.589. The van der Waals surface area contributed by atoms with Gasteiger partial charge in [-0.1, -0.05) is 18.2 Å². The second kappa shape index (κ2) is 20.6. The highest BCUT2D eigenvalue weighted by atomic mass is 16.5. The van der Waals surface area contributed by atoms with E-state index in [4.69, 9.17) is 35.2 Å². The normalized spacial score (nSPS) is 11.6. The predicted molar refractivity (Wildman–Crippen MR) is 177 cm³/mol. The van der Waals surface area contributed by atoms with Crippen LogP contribution in [-0.2, 0) is 35.6 Å². The Morgan fingerprint density at radius 3 is 2.40 bits per heavy atom. The number of carbonyl (C=O) groups excluding carboxylic acids is 4. The number of rotatable bonds is 23. The summed E-state index contributed by atoms with van der Waals surface area (Å²) in [5.74, 6) is -1.41. The van der Waals surface area contributed by atoms with Crippen LogP contribution < -0.4 is 32.2 Å². The van der Waals surface area contributed by atoms with E-state index < -0.39 is 23.8 Å². The molecule has 48 heavy (non-hydrogen) atoms. The van der Waals surface area contributed by atoms with Crippen LogP contribution in [0.3, 0.4) is 0 Å². The molecule has 0 saturated carbocycles. The molecule has 1 aromatic heterocycles. The van der Waals surface area contributed by atoms with Gasteiger partial charge in [0.1, 0.15) is 19.0 Å². The molecule has 7 N–H and O–H groups in total. The Bertz CT molecular complexity index is 1500. The SMILES string of the molecule is COc1ccc(NC(=O)c2nn(C)c3ccccc23)cc1C(=O)NC(CCOCCOCC(=O)NCCCN)COCCOCC(N)=O. The molecule has 1 unspecified atom stereocenters. The number of nitrogens with zero attached hydrogens (tertiary/aromatic N) is 2. The minimum Gasteiger partial charge on any atom is -0.496 e. The Labute approximate surface area is 278 Å². The molecule has 0 bridgehead atoms. The van der Waals surface area contributed by atoms with Crippen LogP contribution in [0.25, 0.3) is 10.9 Å². The van der Waals surface area contributed by atoms with Crippen LogP contribution in [0.5, 0.6) is 5.75 Å². The fourth-order valence-corrected chi connectivity index (χ4v) is 4.50. The summed E-state index contributed by atoms with van der Waals surface area (Å²) < 4.78 is 28.8. The fraction of sp³-hybridized carbons (Fsp3) is 0.469. The predicted octanol–water partition coefficient (Wildman–Crippen LogP) is 0.339. The van der Waals surface area contributed by atoms with Gasteiger partial charge >= 0.3 is 0 Å². The molecular weight excluding hydrogens is 626 g/mol. The van der Waals surface area contributed by atoms with Crippen LogP contribution >= 0.6 is 0 Å². The van der Waals surface area contributed by atoms with E-state index in [0.29, 0.717) is 42.8 Å². The molecule has 0 radical (unpaired) electrons. The number of carbonyl (C=O) groups is 4. The van der Waals surface area contributed by atoms with Crippen molar-refractivity contribution in [2.45, 2.75) is 18.9 Å². The standard InChI is InChI=1S/C32H45N7O9/c1-39-26-7-4-3-6-24(26)30(38-39)32(43)36-22-8-9-27(44-2)25(18-22)31(42)37-23(19-46-16-17-47-20-28(34)40)10-13-45-14-15-48-21-29(41)35-12-5-11-33/h3-4,6-9,18,23H,5,10-17,19-21,33H2,1-2H3,(H2,34,40)(H,35,41)(H,36,43)(H,37,42). The number of aromatic nitrogens is 2. The average molecular weight is 672 g/mol. The van der Waals surface area contributed by atoms with Crippen LogP contribution in [0.15, 0.2) is 42.5 Å². The first-order valence-corrected chi connectivity index (χ1v) is 15.5. The van der Waals surface area contributed by atoms with E-state index in [-0.39, 0.29) is 70.0 Å². The Hall–Kier alpha value is -4.61. The zero-order chi connectivity index (χ0) is 34.7. The number of benzene rings is 2. The number of fused-ring (bicyclic) bond motifs is 1. The summed E-state index contributed by atoms with van der Waals surface area (Å²) in [7, 11) is 3.20. The number of hydrogen-bond donors (Lipinski definition) is 5. The van der Waals surface area contributed by atoms with E-state index in [1.54, 1.807) is 23.9 Å². The number of aryl methyl sites for hydroxylation is 1. The zero-order valence-electron chi connectivity index (χ0n) is 27.3. The van der Waals surface area contributed by atoms with Gasteiger partial charge in [-0.3, -0.25) is 23.9 Å². The van der Waals surface area contributed by atoms with Gasteiger partial charge in [-0.05, 0) is 43.7 Å². The van der Waals surface area contributed by atoms with Crippen LogP contribution in [-0.4, -0.2) is 113 Å². The van der Waals surface area contributed by atoms with Gasteiger partial charge in [0, 0.05) is 31.3 Å².